The van der Waals surface area contributed by atoms with Gasteiger partial charge >= 0.3 is 5.69 Å². The lowest BCUT2D eigenvalue weighted by atomic mass is 9.99. The fraction of sp³-hybridized carbons (Fsp3) is 0.0667. The number of hydrogen-bond acceptors (Lipinski definition) is 2. The van der Waals surface area contributed by atoms with E-state index in [0.717, 1.165) is 11.1 Å². The van der Waals surface area contributed by atoms with Gasteiger partial charge < -0.3 is 0 Å². The molecule has 4 nitrogen and oxygen atoms in total. The van der Waals surface area contributed by atoms with Crippen LogP contribution in [-0.4, -0.2) is 14.8 Å². The van der Waals surface area contributed by atoms with E-state index in [1.165, 1.54) is 6.33 Å². The first-order valence-electron chi connectivity index (χ1n) is 6.07. The van der Waals surface area contributed by atoms with Crippen LogP contribution in [0.5, 0.6) is 0 Å². The van der Waals surface area contributed by atoms with Crippen LogP contribution in [0.3, 0.4) is 0 Å². The Morgan fingerprint density at radius 1 is 0.895 bits per heavy atom. The van der Waals surface area contributed by atoms with Crippen molar-refractivity contribution in [3.8, 4) is 0 Å². The zero-order chi connectivity index (χ0) is 13.1. The molecule has 0 saturated carbocycles. The lowest BCUT2D eigenvalue weighted by Gasteiger charge is -2.18. The summed E-state index contributed by atoms with van der Waals surface area (Å²) in [6.07, 6.45) is 1.53. The molecule has 0 aliphatic carbocycles. The maximum Gasteiger partial charge on any atom is 0.343 e. The Morgan fingerprint density at radius 3 is 1.84 bits per heavy atom. The highest BCUT2D eigenvalue weighted by Crippen LogP contribution is 2.24. The first kappa shape index (κ1) is 11.5. The molecular weight excluding hydrogens is 238 g/mol. The van der Waals surface area contributed by atoms with Crippen molar-refractivity contribution in [3.63, 3.8) is 0 Å². The number of H-pyrrole nitrogens is 1. The average Bonchev–Trinajstić information content (AvgIpc) is 2.88. The summed E-state index contributed by atoms with van der Waals surface area (Å²) in [5, 5.41) is 6.27. The van der Waals surface area contributed by atoms with Crippen molar-refractivity contribution in [2.45, 2.75) is 6.04 Å². The second-order valence-corrected chi connectivity index (χ2v) is 4.29. The summed E-state index contributed by atoms with van der Waals surface area (Å²) in [5.41, 5.74) is 1.90. The first-order valence-corrected chi connectivity index (χ1v) is 6.07. The normalized spacial score (nSPS) is 10.8. The molecule has 0 unspecified atom stereocenters. The molecule has 0 bridgehead atoms. The van der Waals surface area contributed by atoms with Gasteiger partial charge in [-0.2, -0.15) is 5.10 Å². The average molecular weight is 251 g/mol. The number of nitrogens with one attached hydrogen (secondary N) is 1. The molecule has 1 aromatic heterocycles. The molecule has 0 aliphatic heterocycles. The van der Waals surface area contributed by atoms with Gasteiger partial charge in [-0.1, -0.05) is 60.7 Å². The van der Waals surface area contributed by atoms with Gasteiger partial charge in [0.2, 0.25) is 0 Å². The van der Waals surface area contributed by atoms with Crippen molar-refractivity contribution in [2.24, 2.45) is 0 Å². The van der Waals surface area contributed by atoms with E-state index in [1.54, 1.807) is 4.57 Å². The Bertz CT molecular complexity index is 661. The zero-order valence-corrected chi connectivity index (χ0v) is 10.2. The minimum atomic E-state index is -0.210. The van der Waals surface area contributed by atoms with E-state index in [1.807, 2.05) is 60.7 Å². The van der Waals surface area contributed by atoms with Gasteiger partial charge in [0.15, 0.2) is 0 Å². The predicted octanol–water partition coefficient (Wildman–Crippen LogP) is 2.21. The molecule has 4 heteroatoms. The number of aromatic nitrogens is 3. The van der Waals surface area contributed by atoms with E-state index in [-0.39, 0.29) is 11.7 Å². The Labute approximate surface area is 110 Å². The van der Waals surface area contributed by atoms with Crippen LogP contribution in [0, 0.1) is 0 Å². The second kappa shape index (κ2) is 4.94. The summed E-state index contributed by atoms with van der Waals surface area (Å²) >= 11 is 0. The van der Waals surface area contributed by atoms with E-state index in [0.29, 0.717) is 0 Å². The third-order valence-electron chi connectivity index (χ3n) is 3.09. The Hall–Kier alpha value is -2.62. The van der Waals surface area contributed by atoms with Crippen molar-refractivity contribution in [2.75, 3.05) is 0 Å². The maximum atomic E-state index is 11.9. The smallest absolute Gasteiger partial charge is 0.270 e. The molecular formula is C15H13N3O. The molecule has 0 fully saturated rings. The zero-order valence-electron chi connectivity index (χ0n) is 10.2. The van der Waals surface area contributed by atoms with Gasteiger partial charge in [-0.25, -0.2) is 9.89 Å². The van der Waals surface area contributed by atoms with E-state index >= 15 is 0 Å². The molecule has 0 spiro atoms. The van der Waals surface area contributed by atoms with E-state index < -0.39 is 0 Å². The molecule has 3 aromatic rings. The monoisotopic (exact) mass is 251 g/mol. The molecule has 0 radical (unpaired) electrons. The van der Waals surface area contributed by atoms with Crippen LogP contribution < -0.4 is 5.69 Å². The van der Waals surface area contributed by atoms with Gasteiger partial charge in [0.1, 0.15) is 6.33 Å². The van der Waals surface area contributed by atoms with Crippen LogP contribution in [0.15, 0.2) is 71.8 Å². The van der Waals surface area contributed by atoms with Gasteiger partial charge in [-0.05, 0) is 11.1 Å². The molecule has 94 valence electrons. The van der Waals surface area contributed by atoms with Gasteiger partial charge in [0.05, 0.1) is 6.04 Å². The van der Waals surface area contributed by atoms with Crippen LogP contribution in [-0.2, 0) is 0 Å². The van der Waals surface area contributed by atoms with Crippen LogP contribution in [0.4, 0.5) is 0 Å². The fourth-order valence-electron chi connectivity index (χ4n) is 2.22. The van der Waals surface area contributed by atoms with Gasteiger partial charge in [-0.3, -0.25) is 4.57 Å². The summed E-state index contributed by atoms with van der Waals surface area (Å²) in [5.74, 6) is 0. The Balaban J connectivity index is 2.18. The minimum Gasteiger partial charge on any atom is -0.270 e. The molecule has 19 heavy (non-hydrogen) atoms. The van der Waals surface area contributed by atoms with Crippen molar-refractivity contribution in [3.05, 3.63) is 88.6 Å². The standard InChI is InChI=1S/C15H13N3O/c19-15-17-16-11-18(15)14(12-7-3-1-4-8-12)13-9-5-2-6-10-13/h1-11,14H,(H,17,19). The van der Waals surface area contributed by atoms with Gasteiger partial charge in [0.25, 0.3) is 0 Å². The highest BCUT2D eigenvalue weighted by Gasteiger charge is 2.17. The molecule has 1 N–H and O–H groups in total. The molecule has 0 saturated heterocycles. The molecule has 3 rings (SSSR count). The van der Waals surface area contributed by atoms with Gasteiger partial charge in [-0.15, -0.1) is 0 Å². The summed E-state index contributed by atoms with van der Waals surface area (Å²) in [6.45, 7) is 0. The number of aromatic amines is 1. The Morgan fingerprint density at radius 2 is 1.42 bits per heavy atom. The van der Waals surface area contributed by atoms with Crippen LogP contribution >= 0.6 is 0 Å². The number of benzene rings is 2. The third-order valence-corrected chi connectivity index (χ3v) is 3.09. The lowest BCUT2D eigenvalue weighted by Crippen LogP contribution is -2.23. The van der Waals surface area contributed by atoms with Crippen molar-refractivity contribution in [1.82, 2.24) is 14.8 Å². The third kappa shape index (κ3) is 2.20. The lowest BCUT2D eigenvalue weighted by molar-refractivity contribution is 0.652. The second-order valence-electron chi connectivity index (χ2n) is 4.29. The van der Waals surface area contributed by atoms with Crippen molar-refractivity contribution < 1.29 is 0 Å². The number of rotatable bonds is 3. The predicted molar refractivity (Wildman–Crippen MR) is 73.0 cm³/mol. The van der Waals surface area contributed by atoms with Gasteiger partial charge in [0, 0.05) is 0 Å². The van der Waals surface area contributed by atoms with Crippen LogP contribution in [0.1, 0.15) is 17.2 Å². The van der Waals surface area contributed by atoms with E-state index in [4.69, 9.17) is 0 Å². The van der Waals surface area contributed by atoms with Crippen molar-refractivity contribution >= 4 is 0 Å². The largest absolute Gasteiger partial charge is 0.343 e. The molecule has 0 amide bonds. The highest BCUT2D eigenvalue weighted by atomic mass is 16.1. The molecule has 0 atom stereocenters. The first-order chi connectivity index (χ1) is 9.36. The molecule has 0 aliphatic rings. The minimum absolute atomic E-state index is 0.159. The summed E-state index contributed by atoms with van der Waals surface area (Å²) in [4.78, 5) is 11.9. The quantitative estimate of drug-likeness (QED) is 0.776. The maximum absolute atomic E-state index is 11.9. The Kier molecular flexibility index (Phi) is 2.98. The van der Waals surface area contributed by atoms with E-state index in [9.17, 15) is 4.79 Å². The number of hydrogen-bond donors (Lipinski definition) is 1. The fourth-order valence-corrected chi connectivity index (χ4v) is 2.22. The summed E-state index contributed by atoms with van der Waals surface area (Å²) in [7, 11) is 0. The molecule has 2 aromatic carbocycles. The van der Waals surface area contributed by atoms with E-state index in [2.05, 4.69) is 10.2 Å². The molecule has 1 heterocycles. The SMILES string of the molecule is O=c1[nH]ncn1C(c1ccccc1)c1ccccc1. The summed E-state index contributed by atoms with van der Waals surface area (Å²) in [6, 6.07) is 19.7. The van der Waals surface area contributed by atoms with Crippen LogP contribution in [0.2, 0.25) is 0 Å². The highest BCUT2D eigenvalue weighted by molar-refractivity contribution is 5.32. The number of nitrogens with zero attached hydrogens (tertiary/aromatic N) is 2. The van der Waals surface area contributed by atoms with Crippen LogP contribution in [0.25, 0.3) is 0 Å². The summed E-state index contributed by atoms with van der Waals surface area (Å²) < 4.78 is 1.60. The topological polar surface area (TPSA) is 50.7 Å². The van der Waals surface area contributed by atoms with Crippen molar-refractivity contribution in [1.29, 1.82) is 0 Å².